The van der Waals surface area contributed by atoms with E-state index in [4.69, 9.17) is 4.74 Å². The van der Waals surface area contributed by atoms with Gasteiger partial charge in [-0.15, -0.1) is 0 Å². The summed E-state index contributed by atoms with van der Waals surface area (Å²) in [5, 5.41) is 2.55. The molecule has 152 valence electrons. The van der Waals surface area contributed by atoms with Crippen LogP contribution in [0.3, 0.4) is 0 Å². The first kappa shape index (κ1) is 23.1. The van der Waals surface area contributed by atoms with Crippen LogP contribution in [-0.4, -0.2) is 24.5 Å². The smallest absolute Gasteiger partial charge is 0.328 e. The second kappa shape index (κ2) is 12.4. The van der Waals surface area contributed by atoms with Crippen LogP contribution in [-0.2, 0) is 9.53 Å². The summed E-state index contributed by atoms with van der Waals surface area (Å²) in [5.74, 6) is -3.47. The number of benzene rings is 1. The maximum atomic E-state index is 13.3. The quantitative estimate of drug-likeness (QED) is 0.408. The predicted molar refractivity (Wildman–Crippen MR) is 101 cm³/mol. The highest BCUT2D eigenvalue weighted by molar-refractivity contribution is 5.96. The molecule has 1 aromatic rings. The summed E-state index contributed by atoms with van der Waals surface area (Å²) in [4.78, 5) is 24.5. The fourth-order valence-corrected chi connectivity index (χ4v) is 2.68. The van der Waals surface area contributed by atoms with E-state index in [2.05, 4.69) is 12.2 Å². The van der Waals surface area contributed by atoms with Gasteiger partial charge in [-0.1, -0.05) is 59.3 Å². The number of esters is 1. The molecule has 1 aromatic carbocycles. The number of ether oxygens (including phenoxy) is 1. The van der Waals surface area contributed by atoms with Gasteiger partial charge >= 0.3 is 5.97 Å². The summed E-state index contributed by atoms with van der Waals surface area (Å²) in [6.07, 6.45) is 7.82. The maximum Gasteiger partial charge on any atom is 0.328 e. The summed E-state index contributed by atoms with van der Waals surface area (Å²) in [6, 6.07) is 2.03. The SMILES string of the molecule is CCCCCCCCCOC(=O)C(NC(=O)c1ccc(F)c(F)c1)C(C)C. The molecule has 4 nitrogen and oxygen atoms in total. The van der Waals surface area contributed by atoms with Crippen LogP contribution in [0.2, 0.25) is 0 Å². The minimum Gasteiger partial charge on any atom is -0.464 e. The van der Waals surface area contributed by atoms with Crippen LogP contribution in [0.5, 0.6) is 0 Å². The highest BCUT2D eigenvalue weighted by atomic mass is 19.2. The summed E-state index contributed by atoms with van der Waals surface area (Å²) in [5.41, 5.74) is -0.0422. The monoisotopic (exact) mass is 383 g/mol. The third-order valence-electron chi connectivity index (χ3n) is 4.38. The van der Waals surface area contributed by atoms with Gasteiger partial charge < -0.3 is 10.1 Å². The molecular formula is C21H31F2NO3. The maximum absolute atomic E-state index is 13.3. The van der Waals surface area contributed by atoms with Gasteiger partial charge in [0, 0.05) is 5.56 Å². The first-order valence-corrected chi connectivity index (χ1v) is 9.79. The van der Waals surface area contributed by atoms with E-state index in [1.165, 1.54) is 31.7 Å². The van der Waals surface area contributed by atoms with E-state index < -0.39 is 29.6 Å². The van der Waals surface area contributed by atoms with Crippen molar-refractivity contribution in [3.05, 3.63) is 35.4 Å². The topological polar surface area (TPSA) is 55.4 Å². The Bertz CT molecular complexity index is 605. The van der Waals surface area contributed by atoms with E-state index in [0.29, 0.717) is 6.61 Å². The number of carbonyl (C=O) groups excluding carboxylic acids is 2. The van der Waals surface area contributed by atoms with Crippen LogP contribution in [0.25, 0.3) is 0 Å². The summed E-state index contributed by atoms with van der Waals surface area (Å²) < 4.78 is 31.6. The van der Waals surface area contributed by atoms with E-state index in [9.17, 15) is 18.4 Å². The molecule has 0 radical (unpaired) electrons. The van der Waals surface area contributed by atoms with E-state index in [1.54, 1.807) is 13.8 Å². The molecule has 0 aliphatic heterocycles. The van der Waals surface area contributed by atoms with Crippen LogP contribution < -0.4 is 5.32 Å². The molecule has 27 heavy (non-hydrogen) atoms. The molecule has 1 amide bonds. The summed E-state index contributed by atoms with van der Waals surface area (Å²) >= 11 is 0. The van der Waals surface area contributed by atoms with Crippen molar-refractivity contribution in [1.29, 1.82) is 0 Å². The number of unbranched alkanes of at least 4 members (excludes halogenated alkanes) is 6. The number of nitrogens with one attached hydrogen (secondary N) is 1. The van der Waals surface area contributed by atoms with Gasteiger partial charge in [0.25, 0.3) is 5.91 Å². The molecule has 1 N–H and O–H groups in total. The Morgan fingerprint density at radius 1 is 1.00 bits per heavy atom. The van der Waals surface area contributed by atoms with Crippen LogP contribution in [0, 0.1) is 17.6 Å². The molecule has 1 rings (SSSR count). The lowest BCUT2D eigenvalue weighted by atomic mass is 10.0. The van der Waals surface area contributed by atoms with Crippen molar-refractivity contribution >= 4 is 11.9 Å². The highest BCUT2D eigenvalue weighted by Crippen LogP contribution is 2.12. The Kier molecular flexibility index (Phi) is 10.6. The minimum absolute atomic E-state index is 0.0422. The fraction of sp³-hybridized carbons (Fsp3) is 0.619. The molecule has 1 unspecified atom stereocenters. The lowest BCUT2D eigenvalue weighted by Gasteiger charge is -2.21. The zero-order valence-corrected chi connectivity index (χ0v) is 16.5. The molecule has 0 bridgehead atoms. The number of hydrogen-bond donors (Lipinski definition) is 1. The van der Waals surface area contributed by atoms with Crippen molar-refractivity contribution in [2.75, 3.05) is 6.61 Å². The molecule has 0 aliphatic rings. The van der Waals surface area contributed by atoms with Crippen molar-refractivity contribution in [3.8, 4) is 0 Å². The molecule has 0 heterocycles. The average molecular weight is 383 g/mol. The largest absolute Gasteiger partial charge is 0.464 e. The van der Waals surface area contributed by atoms with Crippen molar-refractivity contribution in [3.63, 3.8) is 0 Å². The lowest BCUT2D eigenvalue weighted by Crippen LogP contribution is -2.45. The third-order valence-corrected chi connectivity index (χ3v) is 4.38. The normalized spacial score (nSPS) is 12.1. The van der Waals surface area contributed by atoms with E-state index in [0.717, 1.165) is 31.4 Å². The number of hydrogen-bond acceptors (Lipinski definition) is 3. The van der Waals surface area contributed by atoms with Gasteiger partial charge in [0.2, 0.25) is 0 Å². The second-order valence-corrected chi connectivity index (χ2v) is 7.11. The van der Waals surface area contributed by atoms with Crippen molar-refractivity contribution in [2.45, 2.75) is 71.8 Å². The molecule has 0 saturated heterocycles. The number of halogens is 2. The Labute approximate surface area is 160 Å². The average Bonchev–Trinajstić information content (AvgIpc) is 2.63. The molecular weight excluding hydrogens is 352 g/mol. The first-order valence-electron chi connectivity index (χ1n) is 9.79. The molecule has 1 atom stereocenters. The lowest BCUT2D eigenvalue weighted by molar-refractivity contribution is -0.147. The number of rotatable bonds is 12. The molecule has 0 aromatic heterocycles. The molecule has 6 heteroatoms. The molecule has 0 saturated carbocycles. The van der Waals surface area contributed by atoms with Gasteiger partial charge in [0.1, 0.15) is 6.04 Å². The zero-order valence-electron chi connectivity index (χ0n) is 16.5. The van der Waals surface area contributed by atoms with Gasteiger partial charge in [-0.05, 0) is 30.5 Å². The minimum atomic E-state index is -1.11. The van der Waals surface area contributed by atoms with Gasteiger partial charge in [-0.3, -0.25) is 4.79 Å². The fourth-order valence-electron chi connectivity index (χ4n) is 2.68. The van der Waals surface area contributed by atoms with Gasteiger partial charge in [-0.25, -0.2) is 13.6 Å². The zero-order chi connectivity index (χ0) is 20.2. The molecule has 0 fully saturated rings. The van der Waals surface area contributed by atoms with E-state index in [-0.39, 0.29) is 11.5 Å². The van der Waals surface area contributed by atoms with Gasteiger partial charge in [-0.2, -0.15) is 0 Å². The predicted octanol–water partition coefficient (Wildman–Crippen LogP) is 5.01. The third kappa shape index (κ3) is 8.50. The van der Waals surface area contributed by atoms with Crippen molar-refractivity contribution in [2.24, 2.45) is 5.92 Å². The molecule has 0 spiro atoms. The van der Waals surface area contributed by atoms with Crippen LogP contribution >= 0.6 is 0 Å². The Hall–Kier alpha value is -1.98. The van der Waals surface area contributed by atoms with Gasteiger partial charge in [0.05, 0.1) is 6.61 Å². The Balaban J connectivity index is 2.44. The first-order chi connectivity index (χ1) is 12.9. The standard InChI is InChI=1S/C21H31F2NO3/c1-4-5-6-7-8-9-10-13-27-21(26)19(15(2)3)24-20(25)16-11-12-17(22)18(23)14-16/h11-12,14-15,19H,4-10,13H2,1-3H3,(H,24,25). The van der Waals surface area contributed by atoms with Crippen molar-refractivity contribution < 1.29 is 23.1 Å². The van der Waals surface area contributed by atoms with Crippen LogP contribution in [0.1, 0.15) is 76.1 Å². The second-order valence-electron chi connectivity index (χ2n) is 7.11. The summed E-state index contributed by atoms with van der Waals surface area (Å²) in [7, 11) is 0. The van der Waals surface area contributed by atoms with Gasteiger partial charge in [0.15, 0.2) is 11.6 Å². The van der Waals surface area contributed by atoms with E-state index in [1.807, 2.05) is 0 Å². The number of carbonyl (C=O) groups is 2. The molecule has 0 aliphatic carbocycles. The van der Waals surface area contributed by atoms with Crippen LogP contribution in [0.4, 0.5) is 8.78 Å². The van der Waals surface area contributed by atoms with Crippen LogP contribution in [0.15, 0.2) is 18.2 Å². The highest BCUT2D eigenvalue weighted by Gasteiger charge is 2.26. The van der Waals surface area contributed by atoms with E-state index >= 15 is 0 Å². The summed E-state index contributed by atoms with van der Waals surface area (Å²) in [6.45, 7) is 6.06. The Morgan fingerprint density at radius 3 is 2.22 bits per heavy atom. The van der Waals surface area contributed by atoms with Crippen molar-refractivity contribution in [1.82, 2.24) is 5.32 Å². The Morgan fingerprint density at radius 2 is 1.63 bits per heavy atom. The number of amides is 1.